The quantitative estimate of drug-likeness (QED) is 0.602. The molecule has 0 aliphatic rings. The number of nitrogens with one attached hydrogen (secondary N) is 2. The number of esters is 1. The summed E-state index contributed by atoms with van der Waals surface area (Å²) < 4.78 is 46.0. The summed E-state index contributed by atoms with van der Waals surface area (Å²) >= 11 is 0. The fraction of sp³-hybridized carbons (Fsp3) is 0.364. The number of carbonyl (C=O) groups is 2. The molecular formula is C22H27FN2O5S. The molecule has 0 radical (unpaired) electrons. The van der Waals surface area contributed by atoms with Gasteiger partial charge in [-0.1, -0.05) is 6.07 Å². The Morgan fingerprint density at radius 2 is 1.55 bits per heavy atom. The first kappa shape index (κ1) is 24.5. The number of hydrogen-bond donors (Lipinski definition) is 2. The largest absolute Gasteiger partial charge is 0.456 e. The molecule has 0 aromatic heterocycles. The van der Waals surface area contributed by atoms with Crippen molar-refractivity contribution in [1.82, 2.24) is 4.72 Å². The van der Waals surface area contributed by atoms with E-state index in [0.717, 1.165) is 22.8 Å². The van der Waals surface area contributed by atoms with Crippen LogP contribution < -0.4 is 10.0 Å². The number of amides is 1. The van der Waals surface area contributed by atoms with Crippen molar-refractivity contribution in [2.75, 3.05) is 18.5 Å². The zero-order valence-corrected chi connectivity index (χ0v) is 19.1. The highest BCUT2D eigenvalue weighted by Crippen LogP contribution is 2.29. The average molecular weight is 451 g/mol. The summed E-state index contributed by atoms with van der Waals surface area (Å²) in [7, 11) is -3.83. The summed E-state index contributed by atoms with van der Waals surface area (Å²) in [5.74, 6) is -1.87. The lowest BCUT2D eigenvalue weighted by molar-refractivity contribution is -0.147. The first-order valence-corrected chi connectivity index (χ1v) is 11.2. The lowest BCUT2D eigenvalue weighted by atomic mass is 9.95. The lowest BCUT2D eigenvalue weighted by Crippen LogP contribution is -2.29. The summed E-state index contributed by atoms with van der Waals surface area (Å²) in [5.41, 5.74) is 4.45. The summed E-state index contributed by atoms with van der Waals surface area (Å²) in [4.78, 5) is 23.9. The Labute approximate surface area is 182 Å². The zero-order valence-electron chi connectivity index (χ0n) is 18.3. The maximum Gasteiger partial charge on any atom is 0.307 e. The van der Waals surface area contributed by atoms with Crippen LogP contribution in [0.2, 0.25) is 0 Å². The van der Waals surface area contributed by atoms with Crippen molar-refractivity contribution >= 4 is 27.6 Å². The maximum atomic E-state index is 13.1. The van der Waals surface area contributed by atoms with Crippen molar-refractivity contribution < 1.29 is 27.1 Å². The molecule has 0 fully saturated rings. The van der Waals surface area contributed by atoms with Gasteiger partial charge in [0.2, 0.25) is 10.0 Å². The number of ether oxygens (including phenoxy) is 1. The maximum absolute atomic E-state index is 13.1. The third-order valence-electron chi connectivity index (χ3n) is 5.29. The predicted molar refractivity (Wildman–Crippen MR) is 116 cm³/mol. The number of benzene rings is 2. The molecule has 2 aromatic rings. The molecule has 0 atom stereocenters. The van der Waals surface area contributed by atoms with Crippen LogP contribution in [0, 0.1) is 40.4 Å². The molecular weight excluding hydrogens is 423 g/mol. The van der Waals surface area contributed by atoms with Gasteiger partial charge in [-0.05, 0) is 80.6 Å². The van der Waals surface area contributed by atoms with Gasteiger partial charge < -0.3 is 10.1 Å². The highest BCUT2D eigenvalue weighted by Gasteiger charge is 2.23. The molecule has 0 saturated carbocycles. The van der Waals surface area contributed by atoms with E-state index in [-0.39, 0.29) is 23.5 Å². The van der Waals surface area contributed by atoms with Gasteiger partial charge in [-0.3, -0.25) is 9.59 Å². The van der Waals surface area contributed by atoms with Crippen molar-refractivity contribution in [3.05, 3.63) is 57.9 Å². The summed E-state index contributed by atoms with van der Waals surface area (Å²) in [5, 5.41) is 2.40. The van der Waals surface area contributed by atoms with Crippen molar-refractivity contribution in [2.24, 2.45) is 0 Å². The zero-order chi connectivity index (χ0) is 23.3. The van der Waals surface area contributed by atoms with Gasteiger partial charge in [-0.25, -0.2) is 17.5 Å². The molecule has 2 N–H and O–H groups in total. The standard InChI is InChI=1S/C22H27FN2O5S/c1-13-14(2)16(4)22(17(5)15(13)3)31(28,29)24-10-9-21(27)30-12-20(26)25-19-8-6-7-18(23)11-19/h6-8,11,24H,9-10,12H2,1-5H3,(H,25,26). The van der Waals surface area contributed by atoms with Gasteiger partial charge in [0.15, 0.2) is 6.61 Å². The van der Waals surface area contributed by atoms with E-state index in [2.05, 4.69) is 10.0 Å². The second-order valence-corrected chi connectivity index (χ2v) is 9.02. The van der Waals surface area contributed by atoms with E-state index in [4.69, 9.17) is 4.74 Å². The number of hydrogen-bond acceptors (Lipinski definition) is 5. The number of sulfonamides is 1. The third kappa shape index (κ3) is 6.11. The Bertz CT molecular complexity index is 1080. The molecule has 0 heterocycles. The fourth-order valence-corrected chi connectivity index (χ4v) is 4.84. The molecule has 0 aliphatic carbocycles. The summed E-state index contributed by atoms with van der Waals surface area (Å²) in [6.07, 6.45) is -0.242. The van der Waals surface area contributed by atoms with Crippen molar-refractivity contribution in [3.8, 4) is 0 Å². The van der Waals surface area contributed by atoms with E-state index < -0.39 is 34.3 Å². The van der Waals surface area contributed by atoms with Gasteiger partial charge in [-0.15, -0.1) is 0 Å². The van der Waals surface area contributed by atoms with E-state index in [1.165, 1.54) is 18.2 Å². The first-order valence-electron chi connectivity index (χ1n) is 9.71. The fourth-order valence-electron chi connectivity index (χ4n) is 3.21. The second kappa shape index (κ2) is 10.0. The molecule has 7 nitrogen and oxygen atoms in total. The Morgan fingerprint density at radius 3 is 2.13 bits per heavy atom. The molecule has 168 valence electrons. The van der Waals surface area contributed by atoms with Crippen LogP contribution in [0.5, 0.6) is 0 Å². The molecule has 1 amide bonds. The van der Waals surface area contributed by atoms with E-state index in [0.29, 0.717) is 11.1 Å². The third-order valence-corrected chi connectivity index (χ3v) is 7.03. The van der Waals surface area contributed by atoms with Crippen LogP contribution in [0.1, 0.15) is 34.2 Å². The number of rotatable bonds is 8. The van der Waals surface area contributed by atoms with E-state index >= 15 is 0 Å². The summed E-state index contributed by atoms with van der Waals surface area (Å²) in [6, 6.07) is 5.30. The van der Waals surface area contributed by atoms with Crippen LogP contribution in [0.3, 0.4) is 0 Å². The van der Waals surface area contributed by atoms with E-state index in [1.54, 1.807) is 13.8 Å². The Balaban J connectivity index is 1.90. The van der Waals surface area contributed by atoms with Gasteiger partial charge >= 0.3 is 5.97 Å². The van der Waals surface area contributed by atoms with Gasteiger partial charge in [0, 0.05) is 12.2 Å². The number of halogens is 1. The highest BCUT2D eigenvalue weighted by molar-refractivity contribution is 7.89. The minimum atomic E-state index is -3.83. The van der Waals surface area contributed by atoms with Crippen LogP contribution in [0.15, 0.2) is 29.2 Å². The van der Waals surface area contributed by atoms with Crippen LogP contribution >= 0.6 is 0 Å². The Morgan fingerprint density at radius 1 is 0.968 bits per heavy atom. The highest BCUT2D eigenvalue weighted by atomic mass is 32.2. The molecule has 0 bridgehead atoms. The monoisotopic (exact) mass is 450 g/mol. The smallest absolute Gasteiger partial charge is 0.307 e. The molecule has 0 saturated heterocycles. The number of carbonyl (C=O) groups excluding carboxylic acids is 2. The van der Waals surface area contributed by atoms with Crippen LogP contribution in [0.4, 0.5) is 10.1 Å². The van der Waals surface area contributed by atoms with Gasteiger partial charge in [0.1, 0.15) is 5.82 Å². The normalized spacial score (nSPS) is 11.3. The first-order chi connectivity index (χ1) is 14.4. The molecule has 31 heavy (non-hydrogen) atoms. The van der Waals surface area contributed by atoms with Crippen molar-refractivity contribution in [3.63, 3.8) is 0 Å². The molecule has 0 aliphatic heterocycles. The topological polar surface area (TPSA) is 102 Å². The predicted octanol–water partition coefficient (Wildman–Crippen LogP) is 3.22. The molecule has 2 rings (SSSR count). The average Bonchev–Trinajstić information content (AvgIpc) is 2.69. The number of anilines is 1. The van der Waals surface area contributed by atoms with Crippen LogP contribution in [-0.4, -0.2) is 33.4 Å². The Kier molecular flexibility index (Phi) is 7.91. The van der Waals surface area contributed by atoms with E-state index in [9.17, 15) is 22.4 Å². The second-order valence-electron chi connectivity index (χ2n) is 7.32. The molecule has 2 aromatic carbocycles. The summed E-state index contributed by atoms with van der Waals surface area (Å²) in [6.45, 7) is 8.50. The SMILES string of the molecule is Cc1c(C)c(C)c(S(=O)(=O)NCCC(=O)OCC(=O)Nc2cccc(F)c2)c(C)c1C. The molecule has 9 heteroatoms. The van der Waals surface area contributed by atoms with Crippen LogP contribution in [-0.2, 0) is 24.3 Å². The molecule has 0 spiro atoms. The van der Waals surface area contributed by atoms with Crippen LogP contribution in [0.25, 0.3) is 0 Å². The van der Waals surface area contributed by atoms with Gasteiger partial charge in [0.05, 0.1) is 11.3 Å². The molecule has 0 unspecified atom stereocenters. The van der Waals surface area contributed by atoms with Gasteiger partial charge in [-0.2, -0.15) is 0 Å². The van der Waals surface area contributed by atoms with Crippen molar-refractivity contribution in [1.29, 1.82) is 0 Å². The lowest BCUT2D eigenvalue weighted by Gasteiger charge is -2.19. The minimum Gasteiger partial charge on any atom is -0.456 e. The minimum absolute atomic E-state index is 0.169. The van der Waals surface area contributed by atoms with E-state index in [1.807, 2.05) is 20.8 Å². The van der Waals surface area contributed by atoms with Gasteiger partial charge in [0.25, 0.3) is 5.91 Å². The van der Waals surface area contributed by atoms with Crippen molar-refractivity contribution in [2.45, 2.75) is 45.9 Å². The Hall–Kier alpha value is -2.78.